The average molecular weight is 381 g/mol. The van der Waals surface area contributed by atoms with Crippen LogP contribution in [-0.4, -0.2) is 12.3 Å². The second-order valence-corrected chi connectivity index (χ2v) is 10.9. The maximum Gasteiger partial charge on any atom is 0.118 e. The van der Waals surface area contributed by atoms with Gasteiger partial charge in [-0.05, 0) is 30.0 Å². The summed E-state index contributed by atoms with van der Waals surface area (Å²) in [6.07, 6.45) is 10.8. The Morgan fingerprint density at radius 1 is 0.885 bits per heavy atom. The Hall–Kier alpha value is -0.950. The number of rotatable bonds is 13. The molecule has 4 N–H and O–H groups in total. The van der Waals surface area contributed by atoms with Gasteiger partial charge < -0.3 is 16.0 Å². The third kappa shape index (κ3) is 6.99. The van der Waals surface area contributed by atoms with Crippen molar-refractivity contribution >= 4 is 23.8 Å². The summed E-state index contributed by atoms with van der Waals surface area (Å²) in [7, 11) is -2.57. The van der Waals surface area contributed by atoms with Crippen molar-refractivity contribution in [3.8, 4) is 0 Å². The minimum absolute atomic E-state index is 0.505. The molecule has 0 aromatic heterocycles. The summed E-state index contributed by atoms with van der Waals surface area (Å²) >= 11 is 0. The lowest BCUT2D eigenvalue weighted by Crippen LogP contribution is -2.23. The summed E-state index contributed by atoms with van der Waals surface area (Å²) in [5, 5.41) is 0.836. The summed E-state index contributed by atoms with van der Waals surface area (Å²) in [6.45, 7) is 8.89. The lowest BCUT2D eigenvalue weighted by Gasteiger charge is -2.28. The number of anilines is 2. The Labute approximate surface area is 161 Å². The molecule has 26 heavy (non-hydrogen) atoms. The van der Waals surface area contributed by atoms with E-state index < -0.39 is 7.14 Å². The summed E-state index contributed by atoms with van der Waals surface area (Å²) in [6, 6.07) is 5.53. The second-order valence-electron chi connectivity index (χ2n) is 7.91. The van der Waals surface area contributed by atoms with Crippen molar-refractivity contribution in [2.45, 2.75) is 79.1 Å². The molecular weight excluding hydrogens is 339 g/mol. The van der Waals surface area contributed by atoms with E-state index in [0.717, 1.165) is 43.3 Å². The molecule has 2 atom stereocenters. The molecule has 0 radical (unpaired) electrons. The van der Waals surface area contributed by atoms with Gasteiger partial charge in [-0.2, -0.15) is 0 Å². The second kappa shape index (κ2) is 11.7. The largest absolute Gasteiger partial charge is 0.399 e. The van der Waals surface area contributed by atoms with Gasteiger partial charge in [0.2, 0.25) is 0 Å². The highest BCUT2D eigenvalue weighted by Gasteiger charge is 2.32. The minimum atomic E-state index is -2.57. The zero-order valence-corrected chi connectivity index (χ0v) is 18.4. The Morgan fingerprint density at radius 3 is 1.81 bits per heavy atom. The molecular formula is C22H41N2OP. The molecule has 0 bridgehead atoms. The van der Waals surface area contributed by atoms with E-state index in [2.05, 4.69) is 27.7 Å². The van der Waals surface area contributed by atoms with Crippen LogP contribution in [0.15, 0.2) is 18.2 Å². The normalized spacial score (nSPS) is 16.2. The molecule has 4 heteroatoms. The fourth-order valence-electron chi connectivity index (χ4n) is 3.85. The highest BCUT2D eigenvalue weighted by molar-refractivity contribution is 7.72. The first-order valence-electron chi connectivity index (χ1n) is 10.6. The molecule has 0 amide bonds. The number of hydrogen-bond donors (Lipinski definition) is 2. The smallest absolute Gasteiger partial charge is 0.118 e. The first-order valence-corrected chi connectivity index (χ1v) is 12.7. The van der Waals surface area contributed by atoms with E-state index in [1.165, 1.54) is 25.7 Å². The number of nitrogens with two attached hydrogens (primary N) is 2. The van der Waals surface area contributed by atoms with Gasteiger partial charge in [0, 0.05) is 29.0 Å². The maximum absolute atomic E-state index is 14.3. The SMILES string of the molecule is CCCCC(CC)CP(=O)(CC(CC)CCCC)c1cc(N)ccc1N. The molecule has 0 aliphatic heterocycles. The van der Waals surface area contributed by atoms with Crippen LogP contribution in [0.1, 0.15) is 79.1 Å². The zero-order valence-electron chi connectivity index (χ0n) is 17.5. The Morgan fingerprint density at radius 2 is 1.38 bits per heavy atom. The zero-order chi connectivity index (χ0) is 19.6. The van der Waals surface area contributed by atoms with E-state index in [0.29, 0.717) is 23.2 Å². The Kier molecular flexibility index (Phi) is 10.4. The van der Waals surface area contributed by atoms with Gasteiger partial charge in [-0.25, -0.2) is 0 Å². The Balaban J connectivity index is 3.17. The third-order valence-corrected chi connectivity index (χ3v) is 9.16. The maximum atomic E-state index is 14.3. The number of unbranched alkanes of at least 4 members (excludes halogenated alkanes) is 2. The quantitative estimate of drug-likeness (QED) is 0.313. The Bertz CT molecular complexity index is 551. The fourth-order valence-corrected chi connectivity index (χ4v) is 7.88. The monoisotopic (exact) mass is 380 g/mol. The predicted molar refractivity (Wildman–Crippen MR) is 119 cm³/mol. The molecule has 0 saturated heterocycles. The van der Waals surface area contributed by atoms with Crippen LogP contribution in [-0.2, 0) is 4.57 Å². The van der Waals surface area contributed by atoms with E-state index in [1.807, 2.05) is 18.2 Å². The number of nitrogen functional groups attached to an aromatic ring is 2. The number of hydrogen-bond acceptors (Lipinski definition) is 3. The molecule has 0 heterocycles. The van der Waals surface area contributed by atoms with Gasteiger partial charge in [0.15, 0.2) is 0 Å². The first-order chi connectivity index (χ1) is 12.4. The molecule has 2 unspecified atom stereocenters. The van der Waals surface area contributed by atoms with Crippen LogP contribution in [0.3, 0.4) is 0 Å². The topological polar surface area (TPSA) is 69.1 Å². The number of benzene rings is 1. The fraction of sp³-hybridized carbons (Fsp3) is 0.727. The highest BCUT2D eigenvalue weighted by atomic mass is 31.2. The van der Waals surface area contributed by atoms with E-state index in [9.17, 15) is 4.57 Å². The van der Waals surface area contributed by atoms with Crippen molar-refractivity contribution < 1.29 is 4.57 Å². The van der Waals surface area contributed by atoms with Crippen molar-refractivity contribution in [1.29, 1.82) is 0 Å². The van der Waals surface area contributed by atoms with Gasteiger partial charge in [-0.3, -0.25) is 0 Å². The summed E-state index contributed by atoms with van der Waals surface area (Å²) in [5.41, 5.74) is 13.6. The molecule has 0 saturated carbocycles. The van der Waals surface area contributed by atoms with Crippen molar-refractivity contribution in [2.75, 3.05) is 23.8 Å². The summed E-state index contributed by atoms with van der Waals surface area (Å²) in [5.74, 6) is 1.01. The van der Waals surface area contributed by atoms with Crippen LogP contribution < -0.4 is 16.8 Å². The van der Waals surface area contributed by atoms with E-state index in [1.54, 1.807) is 0 Å². The van der Waals surface area contributed by atoms with Crippen molar-refractivity contribution in [3.63, 3.8) is 0 Å². The van der Waals surface area contributed by atoms with Gasteiger partial charge in [0.25, 0.3) is 0 Å². The van der Waals surface area contributed by atoms with Crippen LogP contribution in [0.25, 0.3) is 0 Å². The molecule has 0 aliphatic rings. The van der Waals surface area contributed by atoms with Gasteiger partial charge in [-0.1, -0.05) is 79.1 Å². The summed E-state index contributed by atoms with van der Waals surface area (Å²) < 4.78 is 14.3. The highest BCUT2D eigenvalue weighted by Crippen LogP contribution is 2.51. The first kappa shape index (κ1) is 23.1. The lowest BCUT2D eigenvalue weighted by molar-refractivity contribution is 0.466. The minimum Gasteiger partial charge on any atom is -0.399 e. The van der Waals surface area contributed by atoms with Crippen LogP contribution in [0.5, 0.6) is 0 Å². The van der Waals surface area contributed by atoms with Crippen molar-refractivity contribution in [3.05, 3.63) is 18.2 Å². The summed E-state index contributed by atoms with van der Waals surface area (Å²) in [4.78, 5) is 0. The molecule has 0 spiro atoms. The third-order valence-electron chi connectivity index (χ3n) is 5.69. The predicted octanol–water partition coefficient (Wildman–Crippen LogP) is 6.27. The molecule has 0 fully saturated rings. The average Bonchev–Trinajstić information content (AvgIpc) is 2.64. The lowest BCUT2D eigenvalue weighted by atomic mass is 10.0. The van der Waals surface area contributed by atoms with Gasteiger partial charge in [0.05, 0.1) is 0 Å². The standard InChI is InChI=1S/C22H41N2OP/c1-5-9-11-18(7-3)16-26(25,17-19(8-4)12-10-6-2)22-15-20(23)13-14-21(22)24/h13-15,18-19H,5-12,16-17,23-24H2,1-4H3. The van der Waals surface area contributed by atoms with E-state index in [4.69, 9.17) is 11.5 Å². The molecule has 0 aliphatic carbocycles. The van der Waals surface area contributed by atoms with E-state index in [-0.39, 0.29) is 0 Å². The van der Waals surface area contributed by atoms with Gasteiger partial charge >= 0.3 is 0 Å². The van der Waals surface area contributed by atoms with E-state index >= 15 is 0 Å². The molecule has 1 aromatic rings. The molecule has 150 valence electrons. The molecule has 3 nitrogen and oxygen atoms in total. The van der Waals surface area contributed by atoms with Crippen LogP contribution in [0.2, 0.25) is 0 Å². The molecule has 1 aromatic carbocycles. The van der Waals surface area contributed by atoms with Gasteiger partial charge in [0.1, 0.15) is 7.14 Å². The van der Waals surface area contributed by atoms with Crippen LogP contribution in [0.4, 0.5) is 11.4 Å². The molecule has 1 rings (SSSR count). The van der Waals surface area contributed by atoms with Crippen molar-refractivity contribution in [1.82, 2.24) is 0 Å². The van der Waals surface area contributed by atoms with Crippen molar-refractivity contribution in [2.24, 2.45) is 11.8 Å². The van der Waals surface area contributed by atoms with Gasteiger partial charge in [-0.15, -0.1) is 0 Å². The van der Waals surface area contributed by atoms with Crippen LogP contribution >= 0.6 is 7.14 Å². The van der Waals surface area contributed by atoms with Crippen LogP contribution in [0, 0.1) is 11.8 Å².